The van der Waals surface area contributed by atoms with Crippen LogP contribution in [0, 0.1) is 0 Å². The van der Waals surface area contributed by atoms with Gasteiger partial charge in [-0.25, -0.2) is 4.98 Å². The van der Waals surface area contributed by atoms with Gasteiger partial charge in [0.25, 0.3) is 0 Å². The Labute approximate surface area is 155 Å². The van der Waals surface area contributed by atoms with E-state index in [1.807, 2.05) is 34.5 Å². The molecule has 0 aliphatic rings. The third-order valence-electron chi connectivity index (χ3n) is 3.41. The molecule has 0 saturated carbocycles. The number of benzene rings is 1. The Balaban J connectivity index is 1.55. The van der Waals surface area contributed by atoms with Gasteiger partial charge in [-0.05, 0) is 30.2 Å². The number of nitrogens with zero attached hydrogens (tertiary/aromatic N) is 4. The van der Waals surface area contributed by atoms with Gasteiger partial charge >= 0.3 is 5.97 Å². The third kappa shape index (κ3) is 5.25. The lowest BCUT2D eigenvalue weighted by atomic mass is 10.1. The number of esters is 1. The molecule has 26 heavy (non-hydrogen) atoms. The third-order valence-corrected chi connectivity index (χ3v) is 4.21. The molecule has 3 aromatic rings. The summed E-state index contributed by atoms with van der Waals surface area (Å²) in [4.78, 5) is 15.8. The molecule has 0 amide bonds. The van der Waals surface area contributed by atoms with Crippen molar-refractivity contribution in [3.05, 3.63) is 64.9 Å². The summed E-state index contributed by atoms with van der Waals surface area (Å²) >= 11 is 1.40. The number of nitrogens with one attached hydrogen (secondary N) is 1. The highest BCUT2D eigenvalue weighted by molar-refractivity contribution is 7.13. The van der Waals surface area contributed by atoms with E-state index in [4.69, 9.17) is 4.74 Å². The summed E-state index contributed by atoms with van der Waals surface area (Å²) in [6, 6.07) is 9.97. The fourth-order valence-corrected chi connectivity index (χ4v) is 2.97. The van der Waals surface area contributed by atoms with Crippen LogP contribution in [0.4, 0.5) is 5.13 Å². The van der Waals surface area contributed by atoms with Gasteiger partial charge in [0.2, 0.25) is 5.13 Å². The molecule has 0 atom stereocenters. The second-order valence-electron chi connectivity index (χ2n) is 5.44. The first-order valence-corrected chi connectivity index (χ1v) is 9.06. The summed E-state index contributed by atoms with van der Waals surface area (Å²) in [6.07, 6.45) is 5.60. The van der Waals surface area contributed by atoms with Crippen molar-refractivity contribution in [1.82, 2.24) is 14.8 Å². The summed E-state index contributed by atoms with van der Waals surface area (Å²) in [7, 11) is 0. The van der Waals surface area contributed by atoms with Gasteiger partial charge in [-0.3, -0.25) is 14.9 Å². The Morgan fingerprint density at radius 3 is 3.15 bits per heavy atom. The van der Waals surface area contributed by atoms with Gasteiger partial charge in [0, 0.05) is 17.8 Å². The zero-order chi connectivity index (χ0) is 18.2. The lowest BCUT2D eigenvalue weighted by Gasteiger charge is -2.03. The molecule has 0 spiro atoms. The molecule has 0 fully saturated rings. The summed E-state index contributed by atoms with van der Waals surface area (Å²) in [5.74, 6) is -0.276. The van der Waals surface area contributed by atoms with Crippen molar-refractivity contribution in [3.63, 3.8) is 0 Å². The van der Waals surface area contributed by atoms with Crippen molar-refractivity contribution in [1.29, 1.82) is 0 Å². The lowest BCUT2D eigenvalue weighted by Crippen LogP contribution is -2.07. The molecule has 3 rings (SSSR count). The van der Waals surface area contributed by atoms with E-state index in [2.05, 4.69) is 32.7 Å². The Kier molecular flexibility index (Phi) is 6.10. The van der Waals surface area contributed by atoms with Gasteiger partial charge in [0.05, 0.1) is 31.5 Å². The van der Waals surface area contributed by atoms with Gasteiger partial charge in [-0.15, -0.1) is 11.3 Å². The second-order valence-corrected chi connectivity index (χ2v) is 6.30. The molecular formula is C18H19N5O2S. The minimum absolute atomic E-state index is 0.172. The zero-order valence-electron chi connectivity index (χ0n) is 14.3. The van der Waals surface area contributed by atoms with Crippen LogP contribution < -0.4 is 5.43 Å². The largest absolute Gasteiger partial charge is 0.466 e. The fourth-order valence-electron chi connectivity index (χ4n) is 2.31. The first-order chi connectivity index (χ1) is 12.7. The summed E-state index contributed by atoms with van der Waals surface area (Å²) < 4.78 is 6.78. The van der Waals surface area contributed by atoms with Gasteiger partial charge < -0.3 is 4.74 Å². The van der Waals surface area contributed by atoms with Crippen molar-refractivity contribution >= 4 is 28.7 Å². The Hall–Kier alpha value is -3.00. The van der Waals surface area contributed by atoms with E-state index in [0.717, 1.165) is 11.1 Å². The molecule has 1 N–H and O–H groups in total. The molecule has 1 aromatic carbocycles. The smallest absolute Gasteiger partial charge is 0.311 e. The molecule has 0 aliphatic carbocycles. The maximum Gasteiger partial charge on any atom is 0.311 e. The number of hydrogen-bond donors (Lipinski definition) is 1. The minimum atomic E-state index is -0.276. The van der Waals surface area contributed by atoms with Crippen LogP contribution in [0.3, 0.4) is 0 Å². The predicted octanol–water partition coefficient (Wildman–Crippen LogP) is 2.94. The highest BCUT2D eigenvalue weighted by Gasteiger charge is 2.07. The molecule has 2 aromatic heterocycles. The van der Waals surface area contributed by atoms with Gasteiger partial charge in [-0.2, -0.15) is 10.2 Å². The molecule has 0 radical (unpaired) electrons. The second kappa shape index (κ2) is 8.91. The van der Waals surface area contributed by atoms with E-state index in [1.54, 1.807) is 19.3 Å². The summed E-state index contributed by atoms with van der Waals surface area (Å²) in [6.45, 7) is 2.87. The molecule has 0 bridgehead atoms. The topological polar surface area (TPSA) is 81.4 Å². The summed E-state index contributed by atoms with van der Waals surface area (Å²) in [5, 5.41) is 10.9. The van der Waals surface area contributed by atoms with Crippen molar-refractivity contribution in [2.24, 2.45) is 5.10 Å². The maximum absolute atomic E-state index is 11.5. The predicted molar refractivity (Wildman–Crippen MR) is 101 cm³/mol. The molecule has 134 valence electrons. The van der Waals surface area contributed by atoms with Gasteiger partial charge in [-0.1, -0.05) is 18.2 Å². The molecule has 8 heteroatoms. The minimum Gasteiger partial charge on any atom is -0.466 e. The summed E-state index contributed by atoms with van der Waals surface area (Å²) in [5.41, 5.74) is 5.68. The fraction of sp³-hybridized carbons (Fsp3) is 0.222. The number of thiazole rings is 1. The molecule has 0 saturated heterocycles. The van der Waals surface area contributed by atoms with Crippen LogP contribution in [-0.2, 0) is 22.5 Å². The Morgan fingerprint density at radius 2 is 2.35 bits per heavy atom. The number of hydrogen-bond acceptors (Lipinski definition) is 7. The molecule has 7 nitrogen and oxygen atoms in total. The number of carbonyl (C=O) groups is 1. The standard InChI is InChI=1S/C18H19N5O2S/c1-2-25-17(24)10-16-13-26-18(21-16)22-19-11-14-5-3-6-15(9-14)12-23-8-4-7-20-23/h3-9,11,13H,2,10,12H2,1H3,(H,21,22). The van der Waals surface area contributed by atoms with Crippen molar-refractivity contribution in [2.45, 2.75) is 19.9 Å². The van der Waals surface area contributed by atoms with E-state index in [0.29, 0.717) is 24.0 Å². The van der Waals surface area contributed by atoms with E-state index >= 15 is 0 Å². The van der Waals surface area contributed by atoms with Crippen LogP contribution in [0.2, 0.25) is 0 Å². The average molecular weight is 369 g/mol. The van der Waals surface area contributed by atoms with Crippen molar-refractivity contribution in [2.75, 3.05) is 12.0 Å². The number of ether oxygens (including phenoxy) is 1. The molecule has 0 unspecified atom stereocenters. The van der Waals surface area contributed by atoms with E-state index in [9.17, 15) is 4.79 Å². The molecular weight excluding hydrogens is 350 g/mol. The van der Waals surface area contributed by atoms with Crippen molar-refractivity contribution < 1.29 is 9.53 Å². The van der Waals surface area contributed by atoms with Crippen LogP contribution in [0.5, 0.6) is 0 Å². The molecule has 0 aliphatic heterocycles. The SMILES string of the molecule is CCOC(=O)Cc1csc(NN=Cc2cccc(Cn3cccn3)c2)n1. The van der Waals surface area contributed by atoms with E-state index in [-0.39, 0.29) is 12.4 Å². The Morgan fingerprint density at radius 1 is 1.42 bits per heavy atom. The lowest BCUT2D eigenvalue weighted by molar-refractivity contribution is -0.142. The quantitative estimate of drug-likeness (QED) is 0.375. The number of rotatable bonds is 8. The van der Waals surface area contributed by atoms with Crippen LogP contribution in [-0.4, -0.2) is 33.6 Å². The number of hydrazone groups is 1. The Bertz CT molecular complexity index is 873. The van der Waals surface area contributed by atoms with Crippen LogP contribution in [0.15, 0.2) is 53.2 Å². The van der Waals surface area contributed by atoms with E-state index in [1.165, 1.54) is 11.3 Å². The zero-order valence-corrected chi connectivity index (χ0v) is 15.1. The number of aromatic nitrogens is 3. The first-order valence-electron chi connectivity index (χ1n) is 8.18. The highest BCUT2D eigenvalue weighted by atomic mass is 32.1. The maximum atomic E-state index is 11.5. The average Bonchev–Trinajstić information content (AvgIpc) is 3.28. The van der Waals surface area contributed by atoms with Crippen LogP contribution >= 0.6 is 11.3 Å². The monoisotopic (exact) mass is 369 g/mol. The normalized spacial score (nSPS) is 11.0. The van der Waals surface area contributed by atoms with E-state index < -0.39 is 0 Å². The van der Waals surface area contributed by atoms with Crippen molar-refractivity contribution in [3.8, 4) is 0 Å². The van der Waals surface area contributed by atoms with Gasteiger partial charge in [0.15, 0.2) is 0 Å². The highest BCUT2D eigenvalue weighted by Crippen LogP contribution is 2.16. The van der Waals surface area contributed by atoms with Crippen LogP contribution in [0.1, 0.15) is 23.7 Å². The van der Waals surface area contributed by atoms with Gasteiger partial charge in [0.1, 0.15) is 0 Å². The molecule has 2 heterocycles. The van der Waals surface area contributed by atoms with Crippen LogP contribution in [0.25, 0.3) is 0 Å². The first kappa shape index (κ1) is 17.8. The number of anilines is 1. The number of carbonyl (C=O) groups excluding carboxylic acids is 1.